The van der Waals surface area contributed by atoms with Crippen LogP contribution >= 0.6 is 11.3 Å². The highest BCUT2D eigenvalue weighted by atomic mass is 32.1. The molecule has 1 aliphatic heterocycles. The minimum Gasteiger partial charge on any atom is -0.369 e. The first kappa shape index (κ1) is 21.5. The lowest BCUT2D eigenvalue weighted by atomic mass is 10.1. The lowest BCUT2D eigenvalue weighted by molar-refractivity contribution is -0.115. The van der Waals surface area contributed by atoms with E-state index >= 15 is 0 Å². The maximum absolute atomic E-state index is 13.2. The number of carbonyl (C=O) groups is 1. The van der Waals surface area contributed by atoms with E-state index in [1.54, 1.807) is 11.8 Å². The van der Waals surface area contributed by atoms with Gasteiger partial charge >= 0.3 is 0 Å². The highest BCUT2D eigenvalue weighted by Crippen LogP contribution is 2.32. The highest BCUT2D eigenvalue weighted by molar-refractivity contribution is 7.14. The predicted octanol–water partition coefficient (Wildman–Crippen LogP) is 4.85. The molecule has 3 aromatic rings. The van der Waals surface area contributed by atoms with E-state index in [1.807, 2.05) is 35.7 Å². The molecule has 1 amide bonds. The van der Waals surface area contributed by atoms with Crippen LogP contribution in [0.5, 0.6) is 0 Å². The summed E-state index contributed by atoms with van der Waals surface area (Å²) in [6.45, 7) is 8.06. The Morgan fingerprint density at radius 3 is 2.48 bits per heavy atom. The number of anilines is 3. The Labute approximate surface area is 186 Å². The molecule has 1 saturated heterocycles. The summed E-state index contributed by atoms with van der Waals surface area (Å²) in [7, 11) is 0. The number of thiazole rings is 1. The van der Waals surface area contributed by atoms with Gasteiger partial charge in [-0.2, -0.15) is 0 Å². The number of carbonyl (C=O) groups excluding carboxylic acids is 1. The molecule has 0 spiro atoms. The number of piperazine rings is 1. The second-order valence-electron chi connectivity index (χ2n) is 7.70. The van der Waals surface area contributed by atoms with Crippen LogP contribution in [0.4, 0.5) is 20.9 Å². The van der Waals surface area contributed by atoms with Gasteiger partial charge in [-0.05, 0) is 42.3 Å². The molecule has 0 saturated carbocycles. The average Bonchev–Trinajstić information content (AvgIpc) is 3.23. The maximum atomic E-state index is 13.2. The van der Waals surface area contributed by atoms with Gasteiger partial charge in [-0.25, -0.2) is 9.37 Å². The van der Waals surface area contributed by atoms with E-state index in [0.29, 0.717) is 5.13 Å². The van der Waals surface area contributed by atoms with Gasteiger partial charge in [0.05, 0.1) is 11.4 Å². The van der Waals surface area contributed by atoms with Gasteiger partial charge in [-0.3, -0.25) is 14.6 Å². The Morgan fingerprint density at radius 2 is 1.81 bits per heavy atom. The summed E-state index contributed by atoms with van der Waals surface area (Å²) in [4.78, 5) is 23.6. The van der Waals surface area contributed by atoms with Crippen LogP contribution in [-0.2, 0) is 17.8 Å². The lowest BCUT2D eigenvalue weighted by Gasteiger charge is -2.35. The number of aryl methyl sites for hydroxylation is 1. The summed E-state index contributed by atoms with van der Waals surface area (Å²) in [6.07, 6.45) is 0.858. The number of benzene rings is 2. The Bertz CT molecular complexity index is 1030. The number of nitrogens with zero attached hydrogens (tertiary/aromatic N) is 4. The van der Waals surface area contributed by atoms with Gasteiger partial charge in [0.25, 0.3) is 0 Å². The number of hydrogen-bond acceptors (Lipinski definition) is 5. The van der Waals surface area contributed by atoms with E-state index in [9.17, 15) is 9.18 Å². The summed E-state index contributed by atoms with van der Waals surface area (Å²) < 4.78 is 13.2. The fourth-order valence-electron chi connectivity index (χ4n) is 3.95. The van der Waals surface area contributed by atoms with Crippen molar-refractivity contribution in [2.45, 2.75) is 26.8 Å². The van der Waals surface area contributed by atoms with Crippen LogP contribution in [0.1, 0.15) is 25.1 Å². The third-order valence-electron chi connectivity index (χ3n) is 5.61. The summed E-state index contributed by atoms with van der Waals surface area (Å²) in [5, 5.41) is 2.76. The molecule has 0 bridgehead atoms. The van der Waals surface area contributed by atoms with E-state index in [2.05, 4.69) is 22.8 Å². The molecule has 0 N–H and O–H groups in total. The molecule has 0 radical (unpaired) electrons. The van der Waals surface area contributed by atoms with Crippen LogP contribution in [-0.4, -0.2) is 42.0 Å². The van der Waals surface area contributed by atoms with Crippen molar-refractivity contribution in [1.82, 2.24) is 9.88 Å². The van der Waals surface area contributed by atoms with Crippen molar-refractivity contribution in [2.24, 2.45) is 0 Å². The van der Waals surface area contributed by atoms with Gasteiger partial charge in [-0.15, -0.1) is 11.3 Å². The van der Waals surface area contributed by atoms with Gasteiger partial charge in [0, 0.05) is 50.7 Å². The molecule has 5 nitrogen and oxygen atoms in total. The van der Waals surface area contributed by atoms with Gasteiger partial charge < -0.3 is 4.90 Å². The van der Waals surface area contributed by atoms with Gasteiger partial charge in [-0.1, -0.05) is 25.1 Å². The van der Waals surface area contributed by atoms with E-state index in [0.717, 1.165) is 61.8 Å². The van der Waals surface area contributed by atoms with Crippen LogP contribution < -0.4 is 9.80 Å². The van der Waals surface area contributed by atoms with Crippen LogP contribution in [0, 0.1) is 5.82 Å². The number of halogens is 1. The monoisotopic (exact) mass is 438 g/mol. The topological polar surface area (TPSA) is 39.7 Å². The standard InChI is InChI=1S/C24H27FN4OS/c1-3-19-6-4-5-7-23(19)29(18(2)30)24-26-21(17-31-24)16-27-12-14-28(15-13-27)22-10-8-20(25)9-11-22/h4-11,17H,3,12-16H2,1-2H3. The lowest BCUT2D eigenvalue weighted by Crippen LogP contribution is -2.46. The van der Waals surface area contributed by atoms with E-state index in [1.165, 1.54) is 23.5 Å². The van der Waals surface area contributed by atoms with E-state index in [-0.39, 0.29) is 11.7 Å². The number of amides is 1. The molecule has 0 aliphatic carbocycles. The number of para-hydroxylation sites is 1. The summed E-state index contributed by atoms with van der Waals surface area (Å²) in [6, 6.07) is 14.7. The van der Waals surface area contributed by atoms with E-state index in [4.69, 9.17) is 4.98 Å². The SMILES string of the molecule is CCc1ccccc1N(C(C)=O)c1nc(CN2CCN(c3ccc(F)cc3)CC2)cs1. The molecule has 0 atom stereocenters. The molecule has 1 aromatic heterocycles. The first-order valence-electron chi connectivity index (χ1n) is 10.6. The van der Waals surface area contributed by atoms with Crippen molar-refractivity contribution in [3.05, 3.63) is 71.0 Å². The molecular weight excluding hydrogens is 411 g/mol. The minimum atomic E-state index is -0.206. The first-order chi connectivity index (χ1) is 15.0. The summed E-state index contributed by atoms with van der Waals surface area (Å²) in [5.41, 5.74) is 4.08. The Morgan fingerprint density at radius 1 is 1.10 bits per heavy atom. The number of aromatic nitrogens is 1. The summed E-state index contributed by atoms with van der Waals surface area (Å²) >= 11 is 1.51. The molecule has 31 heavy (non-hydrogen) atoms. The molecule has 0 unspecified atom stereocenters. The predicted molar refractivity (Wildman–Crippen MR) is 125 cm³/mol. The van der Waals surface area contributed by atoms with Crippen molar-refractivity contribution >= 4 is 33.8 Å². The highest BCUT2D eigenvalue weighted by Gasteiger charge is 2.22. The minimum absolute atomic E-state index is 0.0327. The number of hydrogen-bond donors (Lipinski definition) is 0. The molecule has 2 heterocycles. The quantitative estimate of drug-likeness (QED) is 0.552. The molecular formula is C24H27FN4OS. The zero-order valence-corrected chi connectivity index (χ0v) is 18.7. The molecule has 162 valence electrons. The smallest absolute Gasteiger partial charge is 0.230 e. The molecule has 1 aliphatic rings. The largest absolute Gasteiger partial charge is 0.369 e. The zero-order chi connectivity index (χ0) is 21.8. The Balaban J connectivity index is 1.42. The van der Waals surface area contributed by atoms with Gasteiger partial charge in [0.15, 0.2) is 5.13 Å². The van der Waals surface area contributed by atoms with Gasteiger partial charge in [0.1, 0.15) is 5.82 Å². The molecule has 4 rings (SSSR count). The van der Waals surface area contributed by atoms with Gasteiger partial charge in [0.2, 0.25) is 5.91 Å². The van der Waals surface area contributed by atoms with Crippen LogP contribution in [0.3, 0.4) is 0 Å². The van der Waals surface area contributed by atoms with Crippen molar-refractivity contribution in [1.29, 1.82) is 0 Å². The second-order valence-corrected chi connectivity index (χ2v) is 8.53. The van der Waals surface area contributed by atoms with Crippen molar-refractivity contribution in [3.63, 3.8) is 0 Å². The molecule has 7 heteroatoms. The Kier molecular flexibility index (Phi) is 6.63. The Hall–Kier alpha value is -2.77. The van der Waals surface area contributed by atoms with Crippen molar-refractivity contribution < 1.29 is 9.18 Å². The van der Waals surface area contributed by atoms with Crippen molar-refractivity contribution in [3.8, 4) is 0 Å². The fraction of sp³-hybridized carbons (Fsp3) is 0.333. The summed E-state index contributed by atoms with van der Waals surface area (Å²) in [5.74, 6) is -0.238. The molecule has 2 aromatic carbocycles. The normalized spacial score (nSPS) is 14.6. The fourth-order valence-corrected chi connectivity index (χ4v) is 4.82. The van der Waals surface area contributed by atoms with Crippen LogP contribution in [0.2, 0.25) is 0 Å². The number of rotatable bonds is 6. The molecule has 1 fully saturated rings. The maximum Gasteiger partial charge on any atom is 0.230 e. The van der Waals surface area contributed by atoms with Crippen LogP contribution in [0.25, 0.3) is 0 Å². The second kappa shape index (κ2) is 9.58. The third-order valence-corrected chi connectivity index (χ3v) is 6.48. The zero-order valence-electron chi connectivity index (χ0n) is 17.9. The third kappa shape index (κ3) is 4.94. The average molecular weight is 439 g/mol. The van der Waals surface area contributed by atoms with Crippen LogP contribution in [0.15, 0.2) is 53.9 Å². The van der Waals surface area contributed by atoms with E-state index < -0.39 is 0 Å². The first-order valence-corrected chi connectivity index (χ1v) is 11.5. The van der Waals surface area contributed by atoms with Crippen molar-refractivity contribution in [2.75, 3.05) is 36.0 Å².